The van der Waals surface area contributed by atoms with Crippen LogP contribution in [0, 0.1) is 0 Å². The quantitative estimate of drug-likeness (QED) is 0.847. The molecule has 3 heteroatoms. The normalized spacial score (nSPS) is 19.8. The monoisotopic (exact) mass is 219 g/mol. The highest BCUT2D eigenvalue weighted by Crippen LogP contribution is 2.19. The van der Waals surface area contributed by atoms with Crippen molar-refractivity contribution in [2.24, 2.45) is 5.16 Å². The summed E-state index contributed by atoms with van der Waals surface area (Å²) in [6.07, 6.45) is 0.525. The second kappa shape index (κ2) is 4.66. The van der Waals surface area contributed by atoms with Gasteiger partial charge in [0.15, 0.2) is 6.10 Å². The molecule has 0 radical (unpaired) electrons. The van der Waals surface area contributed by atoms with E-state index >= 15 is 0 Å². The van der Waals surface area contributed by atoms with Crippen molar-refractivity contribution in [3.05, 3.63) is 35.4 Å². The third-order valence-electron chi connectivity index (χ3n) is 2.85. The molecule has 3 nitrogen and oxygen atoms in total. The zero-order valence-electron chi connectivity index (χ0n) is 9.68. The number of hydrogen-bond acceptors (Lipinski definition) is 3. The van der Waals surface area contributed by atoms with Crippen LogP contribution in [0.2, 0.25) is 0 Å². The SMILES string of the molecule is CC(C)c1ccc(C2=NOC(CO)C2)cc1. The van der Waals surface area contributed by atoms with Crippen molar-refractivity contribution in [3.63, 3.8) is 0 Å². The van der Waals surface area contributed by atoms with Gasteiger partial charge in [-0.05, 0) is 17.0 Å². The Morgan fingerprint density at radius 2 is 2.06 bits per heavy atom. The Kier molecular flexibility index (Phi) is 3.25. The van der Waals surface area contributed by atoms with Crippen molar-refractivity contribution < 1.29 is 9.94 Å². The molecule has 1 aromatic carbocycles. The van der Waals surface area contributed by atoms with Gasteiger partial charge in [0.2, 0.25) is 0 Å². The lowest BCUT2D eigenvalue weighted by atomic mass is 9.99. The highest BCUT2D eigenvalue weighted by molar-refractivity contribution is 6.01. The van der Waals surface area contributed by atoms with Crippen LogP contribution in [0.5, 0.6) is 0 Å². The average Bonchev–Trinajstić information content (AvgIpc) is 2.77. The van der Waals surface area contributed by atoms with Crippen molar-refractivity contribution in [1.82, 2.24) is 0 Å². The standard InChI is InChI=1S/C13H17NO2/c1-9(2)10-3-5-11(6-4-10)13-7-12(8-15)16-14-13/h3-6,9,12,15H,7-8H2,1-2H3. The molecule has 1 unspecified atom stereocenters. The molecule has 1 N–H and O–H groups in total. The number of oxime groups is 1. The number of nitrogens with zero attached hydrogens (tertiary/aromatic N) is 1. The van der Waals surface area contributed by atoms with E-state index in [0.29, 0.717) is 12.3 Å². The number of hydrogen-bond donors (Lipinski definition) is 1. The van der Waals surface area contributed by atoms with E-state index in [1.165, 1.54) is 5.56 Å². The Labute approximate surface area is 95.7 Å². The molecule has 0 saturated heterocycles. The molecule has 1 atom stereocenters. The first-order chi connectivity index (χ1) is 7.70. The van der Waals surface area contributed by atoms with Crippen LogP contribution in [0.25, 0.3) is 0 Å². The van der Waals surface area contributed by atoms with Crippen LogP contribution in [0.1, 0.15) is 37.3 Å². The van der Waals surface area contributed by atoms with E-state index < -0.39 is 0 Å². The highest BCUT2D eigenvalue weighted by Gasteiger charge is 2.20. The zero-order chi connectivity index (χ0) is 11.5. The molecule has 1 heterocycles. The van der Waals surface area contributed by atoms with Gasteiger partial charge in [0.25, 0.3) is 0 Å². The van der Waals surface area contributed by atoms with Crippen molar-refractivity contribution >= 4 is 5.71 Å². The molecule has 0 bridgehead atoms. The van der Waals surface area contributed by atoms with Crippen LogP contribution in [-0.2, 0) is 4.84 Å². The van der Waals surface area contributed by atoms with Gasteiger partial charge >= 0.3 is 0 Å². The molecule has 0 aromatic heterocycles. The summed E-state index contributed by atoms with van der Waals surface area (Å²) < 4.78 is 0. The van der Waals surface area contributed by atoms with E-state index in [2.05, 4.69) is 43.3 Å². The molecule has 0 saturated carbocycles. The second-order valence-corrected chi connectivity index (χ2v) is 4.43. The molecule has 16 heavy (non-hydrogen) atoms. The van der Waals surface area contributed by atoms with Crippen LogP contribution >= 0.6 is 0 Å². The van der Waals surface area contributed by atoms with E-state index in [1.54, 1.807) is 0 Å². The number of rotatable bonds is 3. The van der Waals surface area contributed by atoms with Crippen molar-refractivity contribution in [2.75, 3.05) is 6.61 Å². The number of aliphatic hydroxyl groups excluding tert-OH is 1. The first kappa shape index (κ1) is 11.1. The van der Waals surface area contributed by atoms with Gasteiger partial charge in [-0.1, -0.05) is 43.3 Å². The molecule has 0 fully saturated rings. The highest BCUT2D eigenvalue weighted by atomic mass is 16.6. The summed E-state index contributed by atoms with van der Waals surface area (Å²) >= 11 is 0. The molecule has 0 aliphatic carbocycles. The van der Waals surface area contributed by atoms with Gasteiger partial charge in [-0.15, -0.1) is 0 Å². The van der Waals surface area contributed by atoms with Gasteiger partial charge in [0.05, 0.1) is 12.3 Å². The fourth-order valence-electron chi connectivity index (χ4n) is 1.76. The molecule has 1 aliphatic heterocycles. The smallest absolute Gasteiger partial charge is 0.156 e. The zero-order valence-corrected chi connectivity index (χ0v) is 9.68. The van der Waals surface area contributed by atoms with Crippen LogP contribution in [0.3, 0.4) is 0 Å². The van der Waals surface area contributed by atoms with Crippen molar-refractivity contribution in [1.29, 1.82) is 0 Å². The van der Waals surface area contributed by atoms with Crippen LogP contribution in [-0.4, -0.2) is 23.5 Å². The molecule has 2 rings (SSSR count). The molecule has 0 spiro atoms. The minimum absolute atomic E-state index is 0.0249. The molecule has 1 aromatic rings. The van der Waals surface area contributed by atoms with Gasteiger partial charge in [-0.2, -0.15) is 0 Å². The maximum Gasteiger partial charge on any atom is 0.156 e. The predicted molar refractivity (Wildman–Crippen MR) is 63.6 cm³/mol. The van der Waals surface area contributed by atoms with Crippen LogP contribution in [0.4, 0.5) is 0 Å². The summed E-state index contributed by atoms with van der Waals surface area (Å²) in [6, 6.07) is 8.37. The maximum atomic E-state index is 8.95. The summed E-state index contributed by atoms with van der Waals surface area (Å²) in [5.74, 6) is 0.543. The number of benzene rings is 1. The lowest BCUT2D eigenvalue weighted by Gasteiger charge is -2.06. The summed E-state index contributed by atoms with van der Waals surface area (Å²) in [5, 5.41) is 12.9. The second-order valence-electron chi connectivity index (χ2n) is 4.43. The lowest BCUT2D eigenvalue weighted by Crippen LogP contribution is -2.12. The fraction of sp³-hybridized carbons (Fsp3) is 0.462. The van der Waals surface area contributed by atoms with Gasteiger partial charge < -0.3 is 9.94 Å². The summed E-state index contributed by atoms with van der Waals surface area (Å²) in [6.45, 7) is 4.37. The Morgan fingerprint density at radius 1 is 1.38 bits per heavy atom. The van der Waals surface area contributed by atoms with Gasteiger partial charge in [-0.25, -0.2) is 0 Å². The largest absolute Gasteiger partial charge is 0.392 e. The average molecular weight is 219 g/mol. The predicted octanol–water partition coefficient (Wildman–Crippen LogP) is 2.30. The van der Waals surface area contributed by atoms with E-state index in [4.69, 9.17) is 9.94 Å². The minimum atomic E-state index is -0.167. The van der Waals surface area contributed by atoms with Gasteiger partial charge in [0, 0.05) is 6.42 Å². The van der Waals surface area contributed by atoms with Crippen LogP contribution < -0.4 is 0 Å². The van der Waals surface area contributed by atoms with E-state index in [9.17, 15) is 0 Å². The summed E-state index contributed by atoms with van der Waals surface area (Å²) in [4.78, 5) is 5.08. The Hall–Kier alpha value is -1.35. The van der Waals surface area contributed by atoms with Crippen molar-refractivity contribution in [3.8, 4) is 0 Å². The summed E-state index contributed by atoms with van der Waals surface area (Å²) in [7, 11) is 0. The Balaban J connectivity index is 2.11. The van der Waals surface area contributed by atoms with Crippen molar-refractivity contribution in [2.45, 2.75) is 32.3 Å². The third kappa shape index (κ3) is 2.25. The molecule has 86 valence electrons. The van der Waals surface area contributed by atoms with E-state index in [0.717, 1.165) is 11.3 Å². The maximum absolute atomic E-state index is 8.95. The first-order valence-electron chi connectivity index (χ1n) is 5.64. The molecular formula is C13H17NO2. The minimum Gasteiger partial charge on any atom is -0.392 e. The Bertz CT molecular complexity index is 381. The molecular weight excluding hydrogens is 202 g/mol. The fourth-order valence-corrected chi connectivity index (χ4v) is 1.76. The molecule has 1 aliphatic rings. The van der Waals surface area contributed by atoms with Gasteiger partial charge in [0.1, 0.15) is 0 Å². The first-order valence-corrected chi connectivity index (χ1v) is 5.64. The number of aliphatic hydroxyl groups is 1. The van der Waals surface area contributed by atoms with Gasteiger partial charge in [-0.3, -0.25) is 0 Å². The summed E-state index contributed by atoms with van der Waals surface area (Å²) in [5.41, 5.74) is 3.33. The van der Waals surface area contributed by atoms with E-state index in [1.807, 2.05) is 0 Å². The van der Waals surface area contributed by atoms with Crippen LogP contribution in [0.15, 0.2) is 29.4 Å². The lowest BCUT2D eigenvalue weighted by molar-refractivity contribution is 0.0390. The Morgan fingerprint density at radius 3 is 2.56 bits per heavy atom. The molecule has 0 amide bonds. The third-order valence-corrected chi connectivity index (χ3v) is 2.85. The topological polar surface area (TPSA) is 41.8 Å². The van der Waals surface area contributed by atoms with E-state index in [-0.39, 0.29) is 12.7 Å².